The molecule has 9 heteroatoms. The fourth-order valence-electron chi connectivity index (χ4n) is 5.67. The molecule has 0 bridgehead atoms. The number of hydrogen-bond acceptors (Lipinski definition) is 9. The first-order valence-electron chi connectivity index (χ1n) is 21.9. The molecule has 0 radical (unpaired) electrons. The summed E-state index contributed by atoms with van der Waals surface area (Å²) in [5, 5.41) is 6.50. The lowest BCUT2D eigenvalue weighted by molar-refractivity contribution is 0.321. The molecule has 0 unspecified atom stereocenters. The highest BCUT2D eigenvalue weighted by molar-refractivity contribution is 7.09. The minimum absolute atomic E-state index is 0. The van der Waals surface area contributed by atoms with Crippen molar-refractivity contribution in [2.45, 2.75) is 171 Å². The second-order valence-electron chi connectivity index (χ2n) is 16.7. The van der Waals surface area contributed by atoms with E-state index in [0.29, 0.717) is 35.5 Å². The summed E-state index contributed by atoms with van der Waals surface area (Å²) in [7, 11) is 0. The lowest BCUT2D eigenvalue weighted by Crippen LogP contribution is -2.19. The number of nitrogens with one attached hydrogen (secondary N) is 2. The number of nitrogens with zero attached hydrogens (tertiary/aromatic N) is 4. The van der Waals surface area contributed by atoms with Gasteiger partial charge in [0.2, 0.25) is 0 Å². The molecule has 6 aromatic rings. The summed E-state index contributed by atoms with van der Waals surface area (Å²) < 4.78 is 11.0. The van der Waals surface area contributed by atoms with E-state index in [9.17, 15) is 0 Å². The topological polar surface area (TPSA) is 94.1 Å². The maximum atomic E-state index is 5.55. The summed E-state index contributed by atoms with van der Waals surface area (Å²) in [6.07, 6.45) is 11.2. The number of pyridine rings is 3. The zero-order valence-electron chi connectivity index (χ0n) is 38.9. The van der Waals surface area contributed by atoms with E-state index in [2.05, 4.69) is 168 Å². The third-order valence-corrected chi connectivity index (χ3v) is 10.8. The molecule has 8 rings (SSSR count). The minimum atomic E-state index is 0. The number of aromatic nitrogens is 4. The Bertz CT molecular complexity index is 1850. The van der Waals surface area contributed by atoms with E-state index < -0.39 is 0 Å². The second-order valence-corrected chi connectivity index (χ2v) is 17.6. The van der Waals surface area contributed by atoms with Crippen LogP contribution in [0.15, 0.2) is 122 Å². The quantitative estimate of drug-likeness (QED) is 0.171. The van der Waals surface area contributed by atoms with Gasteiger partial charge in [0.05, 0.1) is 17.7 Å². The molecule has 0 spiro atoms. The number of thiazole rings is 1. The standard InChI is InChI=1S/C11H15NO.C10H14N2O.C9H12.2C8H11N.C6H9NS.7CH4/c1-8(2)9-3-4-10-11(7-9)13-6-5-12-10;1-7(2)8-5-9-10(12-6-8)11-3-4-13-9;1-8(2)9-6-4-3-5-7-9;1-7(2)8-3-5-9-6-4-8;1-7(2)8-4-3-5-9-6-8;1-5(2)6-3-7-4-8-6;;;;;;;/h3-4,7-8,12H,5-6H2,1-2H3;5-7H,3-4H2,1-2H3,(H,11,12);3-8H,1-2H3;2*3-7H,1-2H3;3-5H,1-2H3;7*1H4. The Morgan fingerprint density at radius 2 is 0.956 bits per heavy atom. The Kier molecular flexibility index (Phi) is 41.9. The highest BCUT2D eigenvalue weighted by atomic mass is 32.1. The molecule has 8 nitrogen and oxygen atoms in total. The number of rotatable bonds is 6. The average molecular weight is 958 g/mol. The molecule has 4 aromatic heterocycles. The molecule has 2 aromatic carbocycles. The van der Waals surface area contributed by atoms with Crippen molar-refractivity contribution in [3.63, 3.8) is 0 Å². The van der Waals surface area contributed by atoms with Crippen molar-refractivity contribution in [3.8, 4) is 11.5 Å². The van der Waals surface area contributed by atoms with Crippen molar-refractivity contribution >= 4 is 22.8 Å². The van der Waals surface area contributed by atoms with Crippen molar-refractivity contribution in [2.24, 2.45) is 0 Å². The second kappa shape index (κ2) is 39.7. The smallest absolute Gasteiger partial charge is 0.168 e. The van der Waals surface area contributed by atoms with Crippen LogP contribution in [0.2, 0.25) is 0 Å². The first-order valence-corrected chi connectivity index (χ1v) is 22.7. The maximum Gasteiger partial charge on any atom is 0.168 e. The normalized spacial score (nSPS) is 10.9. The van der Waals surface area contributed by atoms with Crippen LogP contribution in [-0.4, -0.2) is 46.2 Å². The van der Waals surface area contributed by atoms with Gasteiger partial charge in [0, 0.05) is 48.6 Å². The van der Waals surface area contributed by atoms with Crippen molar-refractivity contribution < 1.29 is 9.47 Å². The molecular weight excluding hydrogens is 857 g/mol. The van der Waals surface area contributed by atoms with Gasteiger partial charge < -0.3 is 20.1 Å². The van der Waals surface area contributed by atoms with Crippen molar-refractivity contribution in [1.29, 1.82) is 0 Å². The Morgan fingerprint density at radius 1 is 0.441 bits per heavy atom. The predicted octanol–water partition coefficient (Wildman–Crippen LogP) is 18.6. The highest BCUT2D eigenvalue weighted by Gasteiger charge is 2.13. The zero-order valence-corrected chi connectivity index (χ0v) is 39.7. The summed E-state index contributed by atoms with van der Waals surface area (Å²) in [4.78, 5) is 17.6. The number of ether oxygens (including phenoxy) is 2. The van der Waals surface area contributed by atoms with E-state index in [1.54, 1.807) is 17.5 Å². The lowest BCUT2D eigenvalue weighted by Gasteiger charge is -2.20. The van der Waals surface area contributed by atoms with Crippen LogP contribution in [0.5, 0.6) is 11.5 Å². The fraction of sp³-hybridized carbons (Fsp3) is 0.492. The zero-order chi connectivity index (χ0) is 44.6. The number of benzene rings is 2. The van der Waals surface area contributed by atoms with Crippen LogP contribution < -0.4 is 20.1 Å². The maximum absolute atomic E-state index is 5.55. The molecular formula is C59H100N6O2S. The third-order valence-electron chi connectivity index (χ3n) is 9.75. The summed E-state index contributed by atoms with van der Waals surface area (Å²) >= 11 is 1.72. The summed E-state index contributed by atoms with van der Waals surface area (Å²) in [5.41, 5.74) is 9.62. The van der Waals surface area contributed by atoms with Gasteiger partial charge >= 0.3 is 0 Å². The van der Waals surface area contributed by atoms with Crippen LogP contribution in [0.25, 0.3) is 0 Å². The van der Waals surface area contributed by atoms with Crippen molar-refractivity contribution in [2.75, 3.05) is 36.9 Å². The van der Waals surface area contributed by atoms with Gasteiger partial charge in [0.15, 0.2) is 11.6 Å². The van der Waals surface area contributed by atoms with Crippen molar-refractivity contribution in [1.82, 2.24) is 19.9 Å². The van der Waals surface area contributed by atoms with Gasteiger partial charge in [-0.1, -0.05) is 178 Å². The monoisotopic (exact) mass is 957 g/mol. The van der Waals surface area contributed by atoms with Gasteiger partial charge in [-0.15, -0.1) is 11.3 Å². The van der Waals surface area contributed by atoms with Crippen LogP contribution in [0.1, 0.15) is 203 Å². The van der Waals surface area contributed by atoms with Crippen molar-refractivity contribution in [3.05, 3.63) is 154 Å². The van der Waals surface area contributed by atoms with Gasteiger partial charge in [0.1, 0.15) is 19.0 Å². The SMILES string of the molecule is C.C.C.C.C.C.C.CC(C)c1ccc2c(c1)OCCN2.CC(C)c1ccccc1.CC(C)c1cccnc1.CC(C)c1ccncc1.CC(C)c1cnc2c(c1)OCCN2.CC(C)c1cncs1. The number of anilines is 2. The predicted molar refractivity (Wildman–Crippen MR) is 307 cm³/mol. The summed E-state index contributed by atoms with van der Waals surface area (Å²) in [6.45, 7) is 29.4. The van der Waals surface area contributed by atoms with Gasteiger partial charge in [-0.25, -0.2) is 4.98 Å². The van der Waals surface area contributed by atoms with Crippen LogP contribution in [0.4, 0.5) is 11.5 Å². The molecule has 2 aliphatic heterocycles. The first-order chi connectivity index (χ1) is 29.3. The average Bonchev–Trinajstić information content (AvgIpc) is 3.84. The van der Waals surface area contributed by atoms with E-state index in [1.165, 1.54) is 32.7 Å². The Balaban J connectivity index is -0.000000231. The highest BCUT2D eigenvalue weighted by Crippen LogP contribution is 2.31. The van der Waals surface area contributed by atoms with Gasteiger partial charge in [0.25, 0.3) is 0 Å². The van der Waals surface area contributed by atoms with Crippen LogP contribution in [0.3, 0.4) is 0 Å². The minimum Gasteiger partial charge on any atom is -0.490 e. The van der Waals surface area contributed by atoms with Gasteiger partial charge in [-0.3, -0.25) is 15.0 Å². The first kappa shape index (κ1) is 71.7. The Hall–Kier alpha value is -5.28. The van der Waals surface area contributed by atoms with Crippen LogP contribution in [0, 0.1) is 0 Å². The van der Waals surface area contributed by atoms with E-state index >= 15 is 0 Å². The molecule has 68 heavy (non-hydrogen) atoms. The largest absolute Gasteiger partial charge is 0.490 e. The molecule has 384 valence electrons. The van der Waals surface area contributed by atoms with Gasteiger partial charge in [-0.05, 0) is 99.7 Å². The molecule has 0 atom stereocenters. The molecule has 2 N–H and O–H groups in total. The Labute approximate surface area is 423 Å². The van der Waals surface area contributed by atoms with E-state index in [1.807, 2.05) is 60.8 Å². The fourth-order valence-corrected chi connectivity index (χ4v) is 6.31. The number of fused-ring (bicyclic) bond motifs is 2. The van der Waals surface area contributed by atoms with Crippen LogP contribution >= 0.6 is 11.3 Å². The summed E-state index contributed by atoms with van der Waals surface area (Å²) in [5.74, 6) is 6.34. The molecule has 0 aliphatic carbocycles. The Morgan fingerprint density at radius 3 is 1.40 bits per heavy atom. The molecule has 0 saturated heterocycles. The lowest BCUT2D eigenvalue weighted by atomic mass is 10.0. The van der Waals surface area contributed by atoms with E-state index in [4.69, 9.17) is 9.47 Å². The summed E-state index contributed by atoms with van der Waals surface area (Å²) in [6, 6.07) is 27.1. The number of hydrogen-bond donors (Lipinski definition) is 2. The molecule has 6 heterocycles. The molecule has 2 aliphatic rings. The molecule has 0 amide bonds. The van der Waals surface area contributed by atoms with E-state index in [0.717, 1.165) is 49.3 Å². The van der Waals surface area contributed by atoms with E-state index in [-0.39, 0.29) is 52.0 Å². The molecule has 0 saturated carbocycles. The molecule has 0 fully saturated rings. The van der Waals surface area contributed by atoms with Crippen LogP contribution in [-0.2, 0) is 0 Å². The van der Waals surface area contributed by atoms with Gasteiger partial charge in [-0.2, -0.15) is 0 Å². The third kappa shape index (κ3) is 26.9.